The Kier molecular flexibility index (Phi) is 8.90. The molecule has 322 valence electrons. The van der Waals surface area contributed by atoms with Crippen LogP contribution in [0.25, 0.3) is 127 Å². The third-order valence-corrected chi connectivity index (χ3v) is 14.3. The molecule has 0 atom stereocenters. The van der Waals surface area contributed by atoms with E-state index in [1.165, 1.54) is 104 Å². The zero-order valence-electron chi connectivity index (χ0n) is 37.7. The van der Waals surface area contributed by atoms with Crippen LogP contribution in [0, 0.1) is 0 Å². The molecule has 0 aliphatic carbocycles. The average Bonchev–Trinajstić information content (AvgIpc) is 4.06. The maximum atomic E-state index is 2.48. The van der Waals surface area contributed by atoms with Crippen molar-refractivity contribution in [2.75, 3.05) is 0 Å². The number of benzene rings is 11. The molecule has 14 rings (SSSR count). The standard InChI is InChI=1S/C66H43N3/c1-4-18-44(19-5-1)46-32-37-65-57(40-46)58-41-47(45-20-6-2-7-21-45)33-38-66(58)69(65)61-30-16-11-25-52(61)51-24-10-15-29-60(51)68-62-31-17-13-27-54(62)56-43-49(35-39-64(56)68)48-34-36-63-55(42-48)53-26-12-14-28-59(53)67(63)50-22-8-3-9-23-50/h1-43H. The molecule has 0 bridgehead atoms. The third-order valence-electron chi connectivity index (χ3n) is 14.3. The molecule has 0 spiro atoms. The van der Waals surface area contributed by atoms with Gasteiger partial charge in [-0.25, -0.2) is 0 Å². The minimum atomic E-state index is 1.14. The Hall–Kier alpha value is -9.18. The number of fused-ring (bicyclic) bond motifs is 9. The van der Waals surface area contributed by atoms with Gasteiger partial charge < -0.3 is 13.7 Å². The molecule has 0 unspecified atom stereocenters. The minimum absolute atomic E-state index is 1.14. The summed E-state index contributed by atoms with van der Waals surface area (Å²) in [5.74, 6) is 0. The molecule has 3 heterocycles. The van der Waals surface area contributed by atoms with Crippen molar-refractivity contribution in [2.24, 2.45) is 0 Å². The lowest BCUT2D eigenvalue weighted by Crippen LogP contribution is -2.01. The molecular weight excluding hydrogens is 835 g/mol. The molecule has 0 fully saturated rings. The number of rotatable bonds is 7. The van der Waals surface area contributed by atoms with Crippen molar-refractivity contribution in [3.8, 4) is 61.6 Å². The van der Waals surface area contributed by atoms with E-state index in [-0.39, 0.29) is 0 Å². The highest BCUT2D eigenvalue weighted by Crippen LogP contribution is 2.43. The van der Waals surface area contributed by atoms with Crippen LogP contribution in [0.2, 0.25) is 0 Å². The van der Waals surface area contributed by atoms with Crippen LogP contribution in [-0.2, 0) is 0 Å². The van der Waals surface area contributed by atoms with Gasteiger partial charge in [0.25, 0.3) is 0 Å². The van der Waals surface area contributed by atoms with E-state index >= 15 is 0 Å². The summed E-state index contributed by atoms with van der Waals surface area (Å²) in [6, 6.07) is 95.5. The van der Waals surface area contributed by atoms with Gasteiger partial charge in [0.2, 0.25) is 0 Å². The molecule has 3 nitrogen and oxygen atoms in total. The first kappa shape index (κ1) is 39.0. The van der Waals surface area contributed by atoms with E-state index in [2.05, 4.69) is 275 Å². The molecule has 0 saturated carbocycles. The van der Waals surface area contributed by atoms with Crippen LogP contribution >= 0.6 is 0 Å². The third kappa shape index (κ3) is 6.21. The summed E-state index contributed by atoms with van der Waals surface area (Å²) in [6.07, 6.45) is 0. The summed E-state index contributed by atoms with van der Waals surface area (Å²) < 4.78 is 7.33. The molecule has 11 aromatic carbocycles. The highest BCUT2D eigenvalue weighted by Gasteiger charge is 2.22. The number of para-hydroxylation sites is 5. The first-order chi connectivity index (χ1) is 34.2. The van der Waals surface area contributed by atoms with Crippen molar-refractivity contribution < 1.29 is 0 Å². The van der Waals surface area contributed by atoms with Gasteiger partial charge in [-0.1, -0.05) is 176 Å². The Morgan fingerprint density at radius 3 is 0.942 bits per heavy atom. The average molecular weight is 878 g/mol. The number of nitrogens with zero attached hydrogens (tertiary/aromatic N) is 3. The number of hydrogen-bond acceptors (Lipinski definition) is 0. The lowest BCUT2D eigenvalue weighted by atomic mass is 10.00. The van der Waals surface area contributed by atoms with Gasteiger partial charge in [0, 0.05) is 49.1 Å². The Bertz CT molecular complexity index is 4190. The summed E-state index contributed by atoms with van der Waals surface area (Å²) in [5, 5.41) is 7.41. The van der Waals surface area contributed by atoms with Crippen LogP contribution in [-0.4, -0.2) is 13.7 Å². The summed E-state index contributed by atoms with van der Waals surface area (Å²) in [5.41, 5.74) is 20.1. The van der Waals surface area contributed by atoms with Gasteiger partial charge >= 0.3 is 0 Å². The van der Waals surface area contributed by atoms with E-state index in [1.807, 2.05) is 0 Å². The van der Waals surface area contributed by atoms with Crippen molar-refractivity contribution in [1.29, 1.82) is 0 Å². The second-order valence-electron chi connectivity index (χ2n) is 18.1. The first-order valence-electron chi connectivity index (χ1n) is 23.8. The van der Waals surface area contributed by atoms with E-state index in [0.29, 0.717) is 0 Å². The van der Waals surface area contributed by atoms with Crippen LogP contribution in [0.3, 0.4) is 0 Å². The molecule has 0 radical (unpaired) electrons. The highest BCUT2D eigenvalue weighted by molar-refractivity contribution is 6.14. The fourth-order valence-corrected chi connectivity index (χ4v) is 11.1. The maximum Gasteiger partial charge on any atom is 0.0541 e. The van der Waals surface area contributed by atoms with Gasteiger partial charge in [-0.15, -0.1) is 0 Å². The molecule has 0 aliphatic rings. The second kappa shape index (κ2) is 15.7. The fraction of sp³-hybridized carbons (Fsp3) is 0. The fourth-order valence-electron chi connectivity index (χ4n) is 11.1. The summed E-state index contributed by atoms with van der Waals surface area (Å²) in [7, 11) is 0. The molecule has 0 amide bonds. The molecule has 69 heavy (non-hydrogen) atoms. The predicted molar refractivity (Wildman–Crippen MR) is 291 cm³/mol. The quantitative estimate of drug-likeness (QED) is 0.152. The van der Waals surface area contributed by atoms with E-state index in [9.17, 15) is 0 Å². The number of aromatic nitrogens is 3. The topological polar surface area (TPSA) is 14.8 Å². The molecule has 0 aliphatic heterocycles. The van der Waals surface area contributed by atoms with Crippen LogP contribution in [0.5, 0.6) is 0 Å². The van der Waals surface area contributed by atoms with Gasteiger partial charge in [0.1, 0.15) is 0 Å². The first-order valence-corrected chi connectivity index (χ1v) is 23.8. The molecule has 3 heteroatoms. The number of hydrogen-bond donors (Lipinski definition) is 0. The van der Waals surface area contributed by atoms with Crippen LogP contribution in [0.1, 0.15) is 0 Å². The molecule has 0 saturated heterocycles. The summed E-state index contributed by atoms with van der Waals surface area (Å²) >= 11 is 0. The predicted octanol–water partition coefficient (Wildman–Crippen LogP) is 17.6. The Labute approximate surface area is 399 Å². The lowest BCUT2D eigenvalue weighted by molar-refractivity contribution is 1.16. The smallest absolute Gasteiger partial charge is 0.0541 e. The summed E-state index contributed by atoms with van der Waals surface area (Å²) in [6.45, 7) is 0. The Morgan fingerprint density at radius 2 is 0.493 bits per heavy atom. The minimum Gasteiger partial charge on any atom is -0.309 e. The molecular formula is C66H43N3. The van der Waals surface area contributed by atoms with Crippen LogP contribution in [0.15, 0.2) is 261 Å². The largest absolute Gasteiger partial charge is 0.309 e. The monoisotopic (exact) mass is 877 g/mol. The van der Waals surface area contributed by atoms with Crippen molar-refractivity contribution >= 4 is 65.4 Å². The van der Waals surface area contributed by atoms with Crippen molar-refractivity contribution in [2.45, 2.75) is 0 Å². The van der Waals surface area contributed by atoms with Crippen molar-refractivity contribution in [3.63, 3.8) is 0 Å². The van der Waals surface area contributed by atoms with Gasteiger partial charge in [-0.05, 0) is 118 Å². The second-order valence-corrected chi connectivity index (χ2v) is 18.1. The molecule has 3 aromatic heterocycles. The molecule has 0 N–H and O–H groups in total. The zero-order valence-corrected chi connectivity index (χ0v) is 37.7. The van der Waals surface area contributed by atoms with E-state index in [1.54, 1.807) is 0 Å². The van der Waals surface area contributed by atoms with Crippen LogP contribution in [0.4, 0.5) is 0 Å². The van der Waals surface area contributed by atoms with E-state index in [0.717, 1.165) is 22.5 Å². The van der Waals surface area contributed by atoms with Gasteiger partial charge in [0.05, 0.1) is 44.5 Å². The Morgan fingerprint density at radius 1 is 0.188 bits per heavy atom. The van der Waals surface area contributed by atoms with E-state index in [4.69, 9.17) is 0 Å². The lowest BCUT2D eigenvalue weighted by Gasteiger charge is -2.18. The van der Waals surface area contributed by atoms with Crippen molar-refractivity contribution in [1.82, 2.24) is 13.7 Å². The van der Waals surface area contributed by atoms with E-state index < -0.39 is 0 Å². The normalized spacial score (nSPS) is 11.8. The molecule has 14 aromatic rings. The van der Waals surface area contributed by atoms with Gasteiger partial charge in [-0.3, -0.25) is 0 Å². The SMILES string of the molecule is c1ccc(-c2ccc3c(c2)c2cc(-c4ccccc4)ccc2n3-c2ccccc2-c2ccccc2-n2c3ccccc3c3cc(-c4ccc5c(c4)c4ccccc4n5-c4ccccc4)ccc32)cc1. The highest BCUT2D eigenvalue weighted by atomic mass is 15.0. The van der Waals surface area contributed by atoms with Gasteiger partial charge in [-0.2, -0.15) is 0 Å². The van der Waals surface area contributed by atoms with Gasteiger partial charge in [0.15, 0.2) is 0 Å². The van der Waals surface area contributed by atoms with Crippen molar-refractivity contribution in [3.05, 3.63) is 261 Å². The Balaban J connectivity index is 0.942. The summed E-state index contributed by atoms with van der Waals surface area (Å²) in [4.78, 5) is 0. The maximum absolute atomic E-state index is 2.48. The zero-order chi connectivity index (χ0) is 45.4. The van der Waals surface area contributed by atoms with Crippen LogP contribution < -0.4 is 0 Å².